The SMILES string of the molecule is Cc1cncn1CCCNCC1=CCCC=C1. The van der Waals surface area contributed by atoms with Gasteiger partial charge < -0.3 is 9.88 Å². The molecular weight excluding hydrogens is 210 g/mol. The molecule has 17 heavy (non-hydrogen) atoms. The first-order valence-corrected chi connectivity index (χ1v) is 6.39. The molecular formula is C14H21N3. The molecule has 0 spiro atoms. The van der Waals surface area contributed by atoms with Gasteiger partial charge >= 0.3 is 0 Å². The van der Waals surface area contributed by atoms with Gasteiger partial charge in [-0.1, -0.05) is 18.2 Å². The van der Waals surface area contributed by atoms with Crippen LogP contribution in [0.4, 0.5) is 0 Å². The highest BCUT2D eigenvalue weighted by atomic mass is 15.0. The van der Waals surface area contributed by atoms with Crippen molar-refractivity contribution in [1.82, 2.24) is 14.9 Å². The van der Waals surface area contributed by atoms with Crippen molar-refractivity contribution in [3.05, 3.63) is 42.0 Å². The van der Waals surface area contributed by atoms with Crippen LogP contribution in [0.1, 0.15) is 25.0 Å². The maximum absolute atomic E-state index is 4.12. The minimum atomic E-state index is 0.999. The van der Waals surface area contributed by atoms with E-state index in [2.05, 4.69) is 40.0 Å². The van der Waals surface area contributed by atoms with E-state index < -0.39 is 0 Å². The number of nitrogens with one attached hydrogen (secondary N) is 1. The van der Waals surface area contributed by atoms with E-state index in [-0.39, 0.29) is 0 Å². The fourth-order valence-corrected chi connectivity index (χ4v) is 2.03. The van der Waals surface area contributed by atoms with E-state index in [4.69, 9.17) is 0 Å². The molecule has 0 aromatic carbocycles. The van der Waals surface area contributed by atoms with Crippen LogP contribution in [-0.2, 0) is 6.54 Å². The molecule has 0 fully saturated rings. The quantitative estimate of drug-likeness (QED) is 0.762. The van der Waals surface area contributed by atoms with Crippen molar-refractivity contribution in [3.63, 3.8) is 0 Å². The van der Waals surface area contributed by atoms with Crippen molar-refractivity contribution in [2.45, 2.75) is 32.7 Å². The average Bonchev–Trinajstić information content (AvgIpc) is 2.76. The van der Waals surface area contributed by atoms with Crippen LogP contribution in [0.15, 0.2) is 36.3 Å². The molecule has 1 aliphatic carbocycles. The minimum Gasteiger partial charge on any atom is -0.335 e. The molecule has 0 atom stereocenters. The van der Waals surface area contributed by atoms with Crippen molar-refractivity contribution < 1.29 is 0 Å². The van der Waals surface area contributed by atoms with Crippen molar-refractivity contribution in [2.75, 3.05) is 13.1 Å². The summed E-state index contributed by atoms with van der Waals surface area (Å²) in [5, 5.41) is 3.48. The van der Waals surface area contributed by atoms with Gasteiger partial charge in [-0.2, -0.15) is 0 Å². The number of aromatic nitrogens is 2. The average molecular weight is 231 g/mol. The highest BCUT2D eigenvalue weighted by molar-refractivity contribution is 5.23. The summed E-state index contributed by atoms with van der Waals surface area (Å²) in [7, 11) is 0. The second-order valence-electron chi connectivity index (χ2n) is 4.52. The van der Waals surface area contributed by atoms with E-state index in [0.29, 0.717) is 0 Å². The van der Waals surface area contributed by atoms with E-state index in [0.717, 1.165) is 26.1 Å². The van der Waals surface area contributed by atoms with Gasteiger partial charge in [0.25, 0.3) is 0 Å². The fourth-order valence-electron chi connectivity index (χ4n) is 2.03. The number of hydrogen-bond acceptors (Lipinski definition) is 2. The van der Waals surface area contributed by atoms with E-state index in [1.807, 2.05) is 12.5 Å². The zero-order valence-corrected chi connectivity index (χ0v) is 10.5. The van der Waals surface area contributed by atoms with Gasteiger partial charge in [0.15, 0.2) is 0 Å². The number of aryl methyl sites for hydroxylation is 2. The summed E-state index contributed by atoms with van der Waals surface area (Å²) in [5.41, 5.74) is 2.66. The predicted octanol–water partition coefficient (Wildman–Crippen LogP) is 2.45. The second-order valence-corrected chi connectivity index (χ2v) is 4.52. The fraction of sp³-hybridized carbons (Fsp3) is 0.500. The van der Waals surface area contributed by atoms with Gasteiger partial charge in [0.2, 0.25) is 0 Å². The maximum atomic E-state index is 4.12. The van der Waals surface area contributed by atoms with Crippen LogP contribution in [0.3, 0.4) is 0 Å². The molecule has 92 valence electrons. The molecule has 0 saturated heterocycles. The standard InChI is InChI=1S/C14H21N3/c1-13-10-16-12-17(13)9-5-8-15-11-14-6-3-2-4-7-14/h3,6-7,10,12,15H,2,4-5,8-9,11H2,1H3. The predicted molar refractivity (Wildman–Crippen MR) is 70.9 cm³/mol. The summed E-state index contributed by atoms with van der Waals surface area (Å²) in [6.45, 7) is 5.20. The number of rotatable bonds is 6. The lowest BCUT2D eigenvalue weighted by molar-refractivity contribution is 0.589. The number of hydrogen-bond donors (Lipinski definition) is 1. The Morgan fingerprint density at radius 3 is 3.06 bits per heavy atom. The Morgan fingerprint density at radius 2 is 2.35 bits per heavy atom. The molecule has 1 aromatic heterocycles. The van der Waals surface area contributed by atoms with Gasteiger partial charge in [-0.25, -0.2) is 4.98 Å². The smallest absolute Gasteiger partial charge is 0.0948 e. The molecule has 0 aliphatic heterocycles. The van der Waals surface area contributed by atoms with Gasteiger partial charge in [0.1, 0.15) is 0 Å². The van der Waals surface area contributed by atoms with Crippen molar-refractivity contribution in [1.29, 1.82) is 0 Å². The Balaban J connectivity index is 1.59. The van der Waals surface area contributed by atoms with Crippen LogP contribution in [0, 0.1) is 6.92 Å². The first-order chi connectivity index (χ1) is 8.36. The molecule has 0 radical (unpaired) electrons. The van der Waals surface area contributed by atoms with Crippen molar-refractivity contribution in [2.24, 2.45) is 0 Å². The van der Waals surface area contributed by atoms with E-state index in [1.54, 1.807) is 0 Å². The molecule has 0 unspecified atom stereocenters. The summed E-state index contributed by atoms with van der Waals surface area (Å²) in [4.78, 5) is 4.12. The molecule has 1 aromatic rings. The van der Waals surface area contributed by atoms with Gasteiger partial charge in [-0.3, -0.25) is 0 Å². The lowest BCUT2D eigenvalue weighted by atomic mass is 10.1. The van der Waals surface area contributed by atoms with Crippen LogP contribution >= 0.6 is 0 Å². The van der Waals surface area contributed by atoms with Crippen LogP contribution in [0.2, 0.25) is 0 Å². The first-order valence-electron chi connectivity index (χ1n) is 6.39. The Hall–Kier alpha value is -1.35. The van der Waals surface area contributed by atoms with Crippen LogP contribution in [0.5, 0.6) is 0 Å². The van der Waals surface area contributed by atoms with Crippen molar-refractivity contribution >= 4 is 0 Å². The first kappa shape index (κ1) is 12.1. The molecule has 3 heteroatoms. The van der Waals surface area contributed by atoms with Gasteiger partial charge in [-0.15, -0.1) is 0 Å². The number of nitrogens with zero attached hydrogens (tertiary/aromatic N) is 2. The summed E-state index contributed by atoms with van der Waals surface area (Å²) in [5.74, 6) is 0. The topological polar surface area (TPSA) is 29.9 Å². The third-order valence-electron chi connectivity index (χ3n) is 3.07. The molecule has 0 bridgehead atoms. The van der Waals surface area contributed by atoms with E-state index in [9.17, 15) is 0 Å². The largest absolute Gasteiger partial charge is 0.335 e. The molecule has 0 amide bonds. The monoisotopic (exact) mass is 231 g/mol. The lowest BCUT2D eigenvalue weighted by Crippen LogP contribution is -2.19. The summed E-state index contributed by atoms with van der Waals surface area (Å²) >= 11 is 0. The highest BCUT2D eigenvalue weighted by Gasteiger charge is 1.98. The molecule has 2 rings (SSSR count). The van der Waals surface area contributed by atoms with Gasteiger partial charge in [0, 0.05) is 25.0 Å². The van der Waals surface area contributed by atoms with E-state index >= 15 is 0 Å². The molecule has 1 aliphatic rings. The molecule has 1 heterocycles. The minimum absolute atomic E-state index is 0.999. The van der Waals surface area contributed by atoms with Gasteiger partial charge in [-0.05, 0) is 38.3 Å². The summed E-state index contributed by atoms with van der Waals surface area (Å²) in [6.07, 6.45) is 14.2. The Morgan fingerprint density at radius 1 is 1.41 bits per heavy atom. The van der Waals surface area contributed by atoms with Crippen molar-refractivity contribution in [3.8, 4) is 0 Å². The van der Waals surface area contributed by atoms with E-state index in [1.165, 1.54) is 24.1 Å². The maximum Gasteiger partial charge on any atom is 0.0948 e. The Bertz CT molecular complexity index is 401. The van der Waals surface area contributed by atoms with Crippen LogP contribution < -0.4 is 5.32 Å². The normalized spacial score (nSPS) is 15.0. The second kappa shape index (κ2) is 6.40. The van der Waals surface area contributed by atoms with Crippen LogP contribution in [-0.4, -0.2) is 22.6 Å². The molecule has 1 N–H and O–H groups in total. The third kappa shape index (κ3) is 3.86. The highest BCUT2D eigenvalue weighted by Crippen LogP contribution is 2.08. The number of imidazole rings is 1. The Labute approximate surface area is 103 Å². The summed E-state index contributed by atoms with van der Waals surface area (Å²) < 4.78 is 2.20. The Kier molecular flexibility index (Phi) is 4.56. The molecule has 0 saturated carbocycles. The molecule has 3 nitrogen and oxygen atoms in total. The van der Waals surface area contributed by atoms with Crippen LogP contribution in [0.25, 0.3) is 0 Å². The van der Waals surface area contributed by atoms with Gasteiger partial charge in [0.05, 0.1) is 6.33 Å². The zero-order valence-electron chi connectivity index (χ0n) is 10.5. The third-order valence-corrected chi connectivity index (χ3v) is 3.07. The lowest BCUT2D eigenvalue weighted by Gasteiger charge is -2.09. The number of allylic oxidation sites excluding steroid dienone is 2. The summed E-state index contributed by atoms with van der Waals surface area (Å²) in [6, 6.07) is 0. The zero-order chi connectivity index (χ0) is 11.9.